The summed E-state index contributed by atoms with van der Waals surface area (Å²) in [6, 6.07) is 0. The zero-order chi connectivity index (χ0) is 5.28. The molecule has 0 saturated carbocycles. The van der Waals surface area contributed by atoms with E-state index in [4.69, 9.17) is 4.74 Å². The van der Waals surface area contributed by atoms with Crippen LogP contribution in [0.2, 0.25) is 0 Å². The van der Waals surface area contributed by atoms with Crippen molar-refractivity contribution in [2.75, 3.05) is 13.2 Å². The van der Waals surface area contributed by atoms with Gasteiger partial charge in [0.2, 0.25) is 0 Å². The molecule has 0 bridgehead atoms. The minimum absolute atomic E-state index is 0.0625. The molecule has 0 amide bonds. The molecule has 42 valence electrons. The molecule has 1 heterocycles. The predicted molar refractivity (Wildman–Crippen MR) is 28.4 cm³/mol. The third-order valence-electron chi connectivity index (χ3n) is 0.947. The Hall–Kier alpha value is 0.370. The van der Waals surface area contributed by atoms with E-state index in [9.17, 15) is 4.39 Å². The molecule has 0 spiro atoms. The van der Waals surface area contributed by atoms with Crippen LogP contribution in [0.1, 0.15) is 0 Å². The molecule has 1 nitrogen and oxygen atoms in total. The van der Waals surface area contributed by atoms with E-state index in [-0.39, 0.29) is 11.4 Å². The molecule has 3 heteroatoms. The zero-order valence-electron chi connectivity index (χ0n) is 3.73. The van der Waals surface area contributed by atoms with E-state index in [2.05, 4.69) is 15.9 Å². The number of halogens is 2. The lowest BCUT2D eigenvalue weighted by Gasteiger charge is -1.95. The van der Waals surface area contributed by atoms with E-state index < -0.39 is 6.17 Å². The van der Waals surface area contributed by atoms with Crippen molar-refractivity contribution in [3.63, 3.8) is 0 Å². The summed E-state index contributed by atoms with van der Waals surface area (Å²) in [6.45, 7) is 0.775. The summed E-state index contributed by atoms with van der Waals surface area (Å²) in [4.78, 5) is -0.0625. The van der Waals surface area contributed by atoms with Crippen LogP contribution >= 0.6 is 15.9 Å². The molecule has 0 unspecified atom stereocenters. The van der Waals surface area contributed by atoms with Crippen LogP contribution < -0.4 is 0 Å². The van der Waals surface area contributed by atoms with Gasteiger partial charge >= 0.3 is 0 Å². The average Bonchev–Trinajstić information content (AvgIpc) is 1.91. The molecule has 2 atom stereocenters. The molecule has 0 aliphatic carbocycles. The van der Waals surface area contributed by atoms with Crippen LogP contribution in [0, 0.1) is 0 Å². The molecule has 1 saturated heterocycles. The van der Waals surface area contributed by atoms with Gasteiger partial charge in [0.1, 0.15) is 6.17 Å². The molecule has 1 aliphatic heterocycles. The van der Waals surface area contributed by atoms with E-state index in [1.165, 1.54) is 0 Å². The van der Waals surface area contributed by atoms with E-state index >= 15 is 0 Å². The molecular weight excluding hydrogens is 163 g/mol. The molecule has 0 N–H and O–H groups in total. The Kier molecular flexibility index (Phi) is 1.65. The van der Waals surface area contributed by atoms with Gasteiger partial charge in [0.25, 0.3) is 0 Å². The quantitative estimate of drug-likeness (QED) is 0.493. The maximum Gasteiger partial charge on any atom is 0.138 e. The van der Waals surface area contributed by atoms with Crippen molar-refractivity contribution in [3.8, 4) is 0 Å². The van der Waals surface area contributed by atoms with Crippen molar-refractivity contribution in [1.29, 1.82) is 0 Å². The number of ether oxygens (including phenoxy) is 1. The van der Waals surface area contributed by atoms with Gasteiger partial charge in [-0.25, -0.2) is 4.39 Å². The van der Waals surface area contributed by atoms with Gasteiger partial charge in [-0.05, 0) is 0 Å². The van der Waals surface area contributed by atoms with E-state index in [1.807, 2.05) is 0 Å². The summed E-state index contributed by atoms with van der Waals surface area (Å²) in [5.41, 5.74) is 0. The standard InChI is InChI=1S/C4H6BrFO/c5-3-1-7-2-4(3)6/h3-4H,1-2H2/t3-,4+/m1/s1. The highest BCUT2D eigenvalue weighted by molar-refractivity contribution is 9.09. The molecule has 1 fully saturated rings. The van der Waals surface area contributed by atoms with Crippen LogP contribution in [0.4, 0.5) is 4.39 Å². The second kappa shape index (κ2) is 2.09. The lowest BCUT2D eigenvalue weighted by Crippen LogP contribution is -2.10. The largest absolute Gasteiger partial charge is 0.377 e. The number of hydrogen-bond donors (Lipinski definition) is 0. The minimum atomic E-state index is -0.792. The first-order chi connectivity index (χ1) is 3.30. The summed E-state index contributed by atoms with van der Waals surface area (Å²) in [7, 11) is 0. The van der Waals surface area contributed by atoms with Crippen LogP contribution in [-0.2, 0) is 4.74 Å². The van der Waals surface area contributed by atoms with Gasteiger partial charge < -0.3 is 4.74 Å². The Morgan fingerprint density at radius 2 is 2.29 bits per heavy atom. The summed E-state index contributed by atoms with van der Waals surface area (Å²) >= 11 is 3.10. The first kappa shape index (κ1) is 5.51. The first-order valence-electron chi connectivity index (χ1n) is 2.16. The van der Waals surface area contributed by atoms with Crippen molar-refractivity contribution in [1.82, 2.24) is 0 Å². The number of alkyl halides is 2. The summed E-state index contributed by atoms with van der Waals surface area (Å²) in [6.07, 6.45) is -0.792. The Morgan fingerprint density at radius 1 is 1.57 bits per heavy atom. The fraction of sp³-hybridized carbons (Fsp3) is 1.00. The van der Waals surface area contributed by atoms with Crippen LogP contribution in [0.15, 0.2) is 0 Å². The lowest BCUT2D eigenvalue weighted by atomic mass is 10.3. The predicted octanol–water partition coefficient (Wildman–Crippen LogP) is 1.12. The van der Waals surface area contributed by atoms with Gasteiger partial charge in [0.15, 0.2) is 0 Å². The van der Waals surface area contributed by atoms with Crippen molar-refractivity contribution in [2.45, 2.75) is 11.0 Å². The number of hydrogen-bond acceptors (Lipinski definition) is 1. The number of rotatable bonds is 0. The second-order valence-electron chi connectivity index (χ2n) is 1.57. The highest BCUT2D eigenvalue weighted by atomic mass is 79.9. The topological polar surface area (TPSA) is 9.23 Å². The maximum absolute atomic E-state index is 12.1. The zero-order valence-corrected chi connectivity index (χ0v) is 5.32. The van der Waals surface area contributed by atoms with E-state index in [0.29, 0.717) is 6.61 Å². The minimum Gasteiger partial charge on any atom is -0.377 e. The summed E-state index contributed by atoms with van der Waals surface area (Å²) in [5.74, 6) is 0. The van der Waals surface area contributed by atoms with Gasteiger partial charge in [0.05, 0.1) is 18.0 Å². The van der Waals surface area contributed by atoms with Crippen molar-refractivity contribution in [3.05, 3.63) is 0 Å². The Balaban J connectivity index is 2.33. The highest BCUT2D eigenvalue weighted by Gasteiger charge is 2.24. The Bertz CT molecular complexity index is 60.7. The Morgan fingerprint density at radius 3 is 2.43 bits per heavy atom. The smallest absolute Gasteiger partial charge is 0.138 e. The molecule has 0 aromatic carbocycles. The third kappa shape index (κ3) is 1.13. The third-order valence-corrected chi connectivity index (χ3v) is 1.78. The van der Waals surface area contributed by atoms with Crippen LogP contribution in [0.5, 0.6) is 0 Å². The average molecular weight is 169 g/mol. The highest BCUT2D eigenvalue weighted by Crippen LogP contribution is 2.16. The fourth-order valence-electron chi connectivity index (χ4n) is 0.502. The van der Waals surface area contributed by atoms with Crippen molar-refractivity contribution < 1.29 is 9.13 Å². The molecule has 1 aliphatic rings. The maximum atomic E-state index is 12.1. The van der Waals surface area contributed by atoms with Gasteiger partial charge in [-0.1, -0.05) is 15.9 Å². The van der Waals surface area contributed by atoms with E-state index in [0.717, 1.165) is 0 Å². The molecule has 1 rings (SSSR count). The van der Waals surface area contributed by atoms with Gasteiger partial charge in [-0.3, -0.25) is 0 Å². The van der Waals surface area contributed by atoms with Crippen LogP contribution in [0.3, 0.4) is 0 Å². The molecule has 0 aromatic heterocycles. The second-order valence-corrected chi connectivity index (χ2v) is 2.75. The summed E-state index contributed by atoms with van der Waals surface area (Å²) in [5, 5.41) is 0. The molecule has 0 radical (unpaired) electrons. The first-order valence-corrected chi connectivity index (χ1v) is 3.08. The normalized spacial score (nSPS) is 42.0. The SMILES string of the molecule is F[C@H]1COC[C@H]1Br. The summed E-state index contributed by atoms with van der Waals surface area (Å²) < 4.78 is 16.9. The molecule has 0 aromatic rings. The van der Waals surface area contributed by atoms with Crippen molar-refractivity contribution in [2.24, 2.45) is 0 Å². The van der Waals surface area contributed by atoms with Gasteiger partial charge in [-0.15, -0.1) is 0 Å². The van der Waals surface area contributed by atoms with Crippen LogP contribution in [0.25, 0.3) is 0 Å². The molecule has 7 heavy (non-hydrogen) atoms. The van der Waals surface area contributed by atoms with Crippen LogP contribution in [-0.4, -0.2) is 24.2 Å². The van der Waals surface area contributed by atoms with Crippen molar-refractivity contribution >= 4 is 15.9 Å². The van der Waals surface area contributed by atoms with Gasteiger partial charge in [0, 0.05) is 0 Å². The lowest BCUT2D eigenvalue weighted by molar-refractivity contribution is 0.173. The Labute approximate surface area is 50.0 Å². The molecular formula is C4H6BrFO. The monoisotopic (exact) mass is 168 g/mol. The van der Waals surface area contributed by atoms with E-state index in [1.54, 1.807) is 0 Å². The fourth-order valence-corrected chi connectivity index (χ4v) is 0.842. The van der Waals surface area contributed by atoms with Gasteiger partial charge in [-0.2, -0.15) is 0 Å².